The Bertz CT molecular complexity index is 784. The molecular formula is C22H28NO4P. The summed E-state index contributed by atoms with van der Waals surface area (Å²) in [7, 11) is 2.65. The van der Waals surface area contributed by atoms with Crippen LogP contribution in [-0.4, -0.2) is 35.8 Å². The number of hydrogen-bond acceptors (Lipinski definition) is 4. The van der Waals surface area contributed by atoms with Crippen LogP contribution in [0.5, 0.6) is 17.2 Å². The minimum Gasteiger partial charge on any atom is -0.491 e. The van der Waals surface area contributed by atoms with Gasteiger partial charge in [-0.3, -0.25) is 0 Å². The number of rotatable bonds is 5. The molecule has 0 bridgehead atoms. The summed E-state index contributed by atoms with van der Waals surface area (Å²) in [6.07, 6.45) is 1.63. The van der Waals surface area contributed by atoms with Crippen molar-refractivity contribution in [3.8, 4) is 17.2 Å². The molecule has 2 aromatic carbocycles. The highest BCUT2D eigenvalue weighted by molar-refractivity contribution is 7.27. The van der Waals surface area contributed by atoms with Crippen LogP contribution >= 0.6 is 9.24 Å². The Morgan fingerprint density at radius 1 is 1.04 bits per heavy atom. The lowest BCUT2D eigenvalue weighted by Crippen LogP contribution is -2.42. The topological polar surface area (TPSA) is 48.0 Å². The van der Waals surface area contributed by atoms with Gasteiger partial charge in [-0.05, 0) is 75.3 Å². The molecule has 0 N–H and O–H groups in total. The fourth-order valence-electron chi connectivity index (χ4n) is 3.04. The number of nitrogens with zero attached hydrogens (tertiary/aromatic N) is 1. The van der Waals surface area contributed by atoms with Crippen LogP contribution in [0.15, 0.2) is 48.5 Å². The van der Waals surface area contributed by atoms with Gasteiger partial charge in [0.05, 0.1) is 6.04 Å². The van der Waals surface area contributed by atoms with Crippen molar-refractivity contribution in [3.05, 3.63) is 48.5 Å². The predicted molar refractivity (Wildman–Crippen MR) is 114 cm³/mol. The molecule has 6 heteroatoms. The van der Waals surface area contributed by atoms with E-state index in [2.05, 4.69) is 9.24 Å². The predicted octanol–water partition coefficient (Wildman–Crippen LogP) is 4.76. The van der Waals surface area contributed by atoms with Crippen molar-refractivity contribution < 1.29 is 19.0 Å². The maximum atomic E-state index is 12.4. The Morgan fingerprint density at radius 3 is 2.21 bits per heavy atom. The minimum atomic E-state index is -0.489. The second-order valence-corrected chi connectivity index (χ2v) is 8.59. The fraction of sp³-hybridized carbons (Fsp3) is 0.409. The number of likely N-dealkylation sites (tertiary alicyclic amines) is 1. The summed E-state index contributed by atoms with van der Waals surface area (Å²) >= 11 is 0. The van der Waals surface area contributed by atoms with Crippen LogP contribution in [0.1, 0.15) is 33.6 Å². The highest BCUT2D eigenvalue weighted by Crippen LogP contribution is 2.25. The van der Waals surface area contributed by atoms with Crippen molar-refractivity contribution in [3.63, 3.8) is 0 Å². The average Bonchev–Trinajstić information content (AvgIpc) is 3.10. The monoisotopic (exact) mass is 401 g/mol. The molecule has 1 aliphatic heterocycles. The smallest absolute Gasteiger partial charge is 0.410 e. The van der Waals surface area contributed by atoms with Gasteiger partial charge in [-0.2, -0.15) is 0 Å². The number of carbonyl (C=O) groups excluding carboxylic acids is 1. The number of ether oxygens (including phenoxy) is 3. The summed E-state index contributed by atoms with van der Waals surface area (Å²) in [5.41, 5.74) is -0.489. The van der Waals surface area contributed by atoms with Crippen LogP contribution in [-0.2, 0) is 4.74 Å². The number of carbonyl (C=O) groups is 1. The zero-order valence-corrected chi connectivity index (χ0v) is 17.8. The van der Waals surface area contributed by atoms with Gasteiger partial charge in [0.1, 0.15) is 29.5 Å². The van der Waals surface area contributed by atoms with Crippen LogP contribution < -0.4 is 14.8 Å². The van der Waals surface area contributed by atoms with Gasteiger partial charge < -0.3 is 19.1 Å². The van der Waals surface area contributed by atoms with Gasteiger partial charge in [0, 0.05) is 6.54 Å². The lowest BCUT2D eigenvalue weighted by molar-refractivity contribution is 0.0187. The van der Waals surface area contributed by atoms with E-state index in [1.165, 1.54) is 0 Å². The van der Waals surface area contributed by atoms with Crippen molar-refractivity contribution >= 4 is 20.6 Å². The van der Waals surface area contributed by atoms with Gasteiger partial charge in [-0.15, -0.1) is 9.24 Å². The van der Waals surface area contributed by atoms with Gasteiger partial charge in [0.15, 0.2) is 0 Å². The van der Waals surface area contributed by atoms with Crippen molar-refractivity contribution in [2.45, 2.75) is 45.3 Å². The Morgan fingerprint density at radius 2 is 1.61 bits per heavy atom. The Balaban J connectivity index is 1.52. The second kappa shape index (κ2) is 8.83. The van der Waals surface area contributed by atoms with E-state index in [9.17, 15) is 4.79 Å². The van der Waals surface area contributed by atoms with E-state index < -0.39 is 5.60 Å². The summed E-state index contributed by atoms with van der Waals surface area (Å²) in [4.78, 5) is 14.1. The van der Waals surface area contributed by atoms with Crippen LogP contribution in [0.25, 0.3) is 0 Å². The van der Waals surface area contributed by atoms with Gasteiger partial charge in [0.2, 0.25) is 0 Å². The van der Waals surface area contributed by atoms with E-state index in [1.807, 2.05) is 69.3 Å². The maximum Gasteiger partial charge on any atom is 0.410 e. The molecule has 0 aromatic heterocycles. The van der Waals surface area contributed by atoms with Crippen molar-refractivity contribution in [1.29, 1.82) is 0 Å². The number of benzene rings is 2. The third-order valence-corrected chi connectivity index (χ3v) is 4.77. The molecule has 0 radical (unpaired) electrons. The zero-order valence-electron chi connectivity index (χ0n) is 16.7. The summed E-state index contributed by atoms with van der Waals surface area (Å²) in [6, 6.07) is 15.4. The van der Waals surface area contributed by atoms with Crippen LogP contribution in [0, 0.1) is 0 Å². The van der Waals surface area contributed by atoms with E-state index in [1.54, 1.807) is 4.90 Å². The highest BCUT2D eigenvalue weighted by atomic mass is 31.0. The van der Waals surface area contributed by atoms with Crippen molar-refractivity contribution in [2.75, 3.05) is 13.2 Å². The Hall–Kier alpha value is -2.26. The minimum absolute atomic E-state index is 0.0382. The summed E-state index contributed by atoms with van der Waals surface area (Å²) in [5.74, 6) is 2.29. The first-order valence-electron chi connectivity index (χ1n) is 9.56. The lowest BCUT2D eigenvalue weighted by atomic mass is 10.2. The third kappa shape index (κ3) is 5.87. The molecule has 2 atom stereocenters. The molecular weight excluding hydrogens is 373 g/mol. The summed E-state index contributed by atoms with van der Waals surface area (Å²) in [6.45, 7) is 6.81. The molecule has 0 spiro atoms. The standard InChI is InChI=1S/C22H28NO4P/c1-22(2,3)27-21(24)23-14-4-5-16(23)15-25-17-6-8-18(9-7-17)26-19-10-12-20(28)13-11-19/h6-13,16H,4-5,14-15,28H2,1-3H3. The lowest BCUT2D eigenvalue weighted by Gasteiger charge is -2.28. The summed E-state index contributed by atoms with van der Waals surface area (Å²) < 4.78 is 17.2. The third-order valence-electron chi connectivity index (χ3n) is 4.39. The Labute approximate surface area is 169 Å². The molecule has 1 heterocycles. The van der Waals surface area contributed by atoms with Gasteiger partial charge in [-0.1, -0.05) is 12.1 Å². The first-order chi connectivity index (χ1) is 13.3. The van der Waals surface area contributed by atoms with E-state index >= 15 is 0 Å². The molecule has 1 fully saturated rings. The molecule has 0 saturated carbocycles. The molecule has 2 unspecified atom stereocenters. The van der Waals surface area contributed by atoms with Gasteiger partial charge in [-0.25, -0.2) is 4.79 Å². The molecule has 5 nitrogen and oxygen atoms in total. The largest absolute Gasteiger partial charge is 0.491 e. The Kier molecular flexibility index (Phi) is 6.46. The first kappa shape index (κ1) is 20.5. The average molecular weight is 401 g/mol. The van der Waals surface area contributed by atoms with Crippen molar-refractivity contribution in [1.82, 2.24) is 4.90 Å². The quantitative estimate of drug-likeness (QED) is 0.678. The van der Waals surface area contributed by atoms with E-state index in [0.717, 1.165) is 35.4 Å². The van der Waals surface area contributed by atoms with Crippen molar-refractivity contribution in [2.24, 2.45) is 0 Å². The molecule has 1 aliphatic rings. The van der Waals surface area contributed by atoms with E-state index in [4.69, 9.17) is 14.2 Å². The van der Waals surface area contributed by atoms with Gasteiger partial charge >= 0.3 is 6.09 Å². The summed E-state index contributed by atoms with van der Waals surface area (Å²) in [5, 5.41) is 1.11. The normalized spacial score (nSPS) is 16.7. The highest BCUT2D eigenvalue weighted by Gasteiger charge is 2.32. The molecule has 1 saturated heterocycles. The first-order valence-corrected chi connectivity index (χ1v) is 10.1. The maximum absolute atomic E-state index is 12.4. The zero-order chi connectivity index (χ0) is 20.1. The van der Waals surface area contributed by atoms with Crippen LogP contribution in [0.4, 0.5) is 4.79 Å². The second-order valence-electron chi connectivity index (χ2n) is 7.92. The molecule has 28 heavy (non-hydrogen) atoms. The molecule has 150 valence electrons. The molecule has 0 aliphatic carbocycles. The fourth-order valence-corrected chi connectivity index (χ4v) is 3.23. The van der Waals surface area contributed by atoms with Gasteiger partial charge in [0.25, 0.3) is 0 Å². The van der Waals surface area contributed by atoms with E-state index in [0.29, 0.717) is 13.2 Å². The molecule has 2 aromatic rings. The molecule has 1 amide bonds. The SMILES string of the molecule is CC(C)(C)OC(=O)N1CCCC1COc1ccc(Oc2ccc(P)cc2)cc1. The molecule has 3 rings (SSSR count). The van der Waals surface area contributed by atoms with E-state index in [-0.39, 0.29) is 12.1 Å². The van der Waals surface area contributed by atoms with Crippen LogP contribution in [0.3, 0.4) is 0 Å². The number of hydrogen-bond donors (Lipinski definition) is 0. The van der Waals surface area contributed by atoms with Crippen LogP contribution in [0.2, 0.25) is 0 Å². The number of amides is 1.